The highest BCUT2D eigenvalue weighted by atomic mass is 19.1. The molecule has 4 aromatic rings. The lowest BCUT2D eigenvalue weighted by Crippen LogP contribution is -2.50. The number of amides is 1. The van der Waals surface area contributed by atoms with Gasteiger partial charge in [-0.1, -0.05) is 30.3 Å². The van der Waals surface area contributed by atoms with Gasteiger partial charge in [0.25, 0.3) is 11.5 Å². The van der Waals surface area contributed by atoms with Crippen LogP contribution in [0.15, 0.2) is 83.8 Å². The van der Waals surface area contributed by atoms with Gasteiger partial charge in [0.15, 0.2) is 5.78 Å². The molecule has 0 atom stereocenters. The monoisotopic (exact) mass is 605 g/mol. The number of rotatable bonds is 9. The number of ketones is 2. The zero-order valence-corrected chi connectivity index (χ0v) is 23.4. The van der Waals surface area contributed by atoms with E-state index in [1.165, 1.54) is 29.3 Å². The van der Waals surface area contributed by atoms with E-state index in [9.17, 15) is 36.7 Å². The zero-order chi connectivity index (χ0) is 31.4. The minimum atomic E-state index is -1.16. The highest BCUT2D eigenvalue weighted by molar-refractivity contribution is 6.40. The number of para-hydroxylation sites is 1. The van der Waals surface area contributed by atoms with Gasteiger partial charge in [-0.2, -0.15) is 0 Å². The first-order valence-electron chi connectivity index (χ1n) is 13.9. The van der Waals surface area contributed by atoms with E-state index in [0.29, 0.717) is 30.8 Å². The molecule has 0 N–H and O–H groups in total. The largest absolute Gasteiger partial charge is 0.368 e. The number of aromatic nitrogens is 1. The third-order valence-corrected chi connectivity index (χ3v) is 7.42. The maximum absolute atomic E-state index is 14.4. The average Bonchev–Trinajstić information content (AvgIpc) is 3.00. The van der Waals surface area contributed by atoms with Gasteiger partial charge in [0.05, 0.1) is 18.5 Å². The molecule has 0 bridgehead atoms. The number of benzene rings is 3. The second-order valence-electron chi connectivity index (χ2n) is 10.5. The molecule has 3 aromatic carbocycles. The smallest absolute Gasteiger partial charge is 0.290 e. The topological polar surface area (TPSA) is 79.7 Å². The highest BCUT2D eigenvalue weighted by Crippen LogP contribution is 2.20. The number of anilines is 1. The van der Waals surface area contributed by atoms with E-state index in [4.69, 9.17) is 0 Å². The van der Waals surface area contributed by atoms with E-state index in [0.717, 1.165) is 16.3 Å². The van der Waals surface area contributed by atoms with Gasteiger partial charge in [-0.3, -0.25) is 19.2 Å². The molecule has 1 aromatic heterocycles. The van der Waals surface area contributed by atoms with E-state index >= 15 is 0 Å². The Labute approximate surface area is 250 Å². The van der Waals surface area contributed by atoms with Crippen molar-refractivity contribution < 1.29 is 31.9 Å². The van der Waals surface area contributed by atoms with Crippen molar-refractivity contribution in [1.29, 1.82) is 0 Å². The Morgan fingerprint density at radius 2 is 1.41 bits per heavy atom. The predicted molar refractivity (Wildman–Crippen MR) is 155 cm³/mol. The summed E-state index contributed by atoms with van der Waals surface area (Å²) >= 11 is 0. The van der Waals surface area contributed by atoms with Crippen LogP contribution in [0.3, 0.4) is 0 Å². The summed E-state index contributed by atoms with van der Waals surface area (Å²) in [6.07, 6.45) is -0.0959. The molecule has 0 aliphatic carbocycles. The fourth-order valence-electron chi connectivity index (χ4n) is 5.19. The molecule has 1 aliphatic rings. The molecule has 1 aliphatic heterocycles. The number of pyridine rings is 1. The first-order chi connectivity index (χ1) is 21.1. The molecule has 44 heavy (non-hydrogen) atoms. The number of nitrogens with zero attached hydrogens (tertiary/aromatic N) is 3. The summed E-state index contributed by atoms with van der Waals surface area (Å²) < 4.78 is 57.2. The molecule has 0 radical (unpaired) electrons. The molecule has 1 amide bonds. The molecule has 226 valence electrons. The Kier molecular flexibility index (Phi) is 9.03. The Balaban J connectivity index is 1.37. The zero-order valence-electron chi connectivity index (χ0n) is 23.4. The minimum Gasteiger partial charge on any atom is -0.368 e. The van der Waals surface area contributed by atoms with Crippen LogP contribution in [0, 0.1) is 23.3 Å². The Morgan fingerprint density at radius 1 is 0.727 bits per heavy atom. The van der Waals surface area contributed by atoms with Crippen LogP contribution in [0.2, 0.25) is 0 Å². The SMILES string of the molecule is O=C(CC(=O)c1cc(Cc2c(F)cc(F)cc2F)cn(Cc2cccc(F)c2)c1=O)C(=O)N1CCN(c2ccccc2)CC1. The maximum Gasteiger partial charge on any atom is 0.290 e. The maximum atomic E-state index is 14.4. The normalized spacial score (nSPS) is 13.2. The van der Waals surface area contributed by atoms with Crippen LogP contribution in [-0.4, -0.2) is 53.1 Å². The predicted octanol–water partition coefficient (Wildman–Crippen LogP) is 4.53. The van der Waals surface area contributed by atoms with E-state index < -0.39 is 70.3 Å². The summed E-state index contributed by atoms with van der Waals surface area (Å²) in [5.74, 6) is -6.80. The number of carbonyl (C=O) groups excluding carboxylic acids is 3. The van der Waals surface area contributed by atoms with Crippen molar-refractivity contribution in [3.63, 3.8) is 0 Å². The quantitative estimate of drug-likeness (QED) is 0.121. The van der Waals surface area contributed by atoms with Gasteiger partial charge >= 0.3 is 0 Å². The number of hydrogen-bond donors (Lipinski definition) is 0. The van der Waals surface area contributed by atoms with Gasteiger partial charge in [0, 0.05) is 62.2 Å². The molecule has 5 rings (SSSR count). The van der Waals surface area contributed by atoms with Crippen molar-refractivity contribution in [2.75, 3.05) is 31.1 Å². The fraction of sp³-hybridized carbons (Fsp3) is 0.212. The van der Waals surface area contributed by atoms with E-state index in [1.54, 1.807) is 6.07 Å². The first-order valence-corrected chi connectivity index (χ1v) is 13.9. The van der Waals surface area contributed by atoms with Crippen LogP contribution in [0.1, 0.15) is 33.5 Å². The van der Waals surface area contributed by atoms with E-state index in [1.807, 2.05) is 30.3 Å². The second kappa shape index (κ2) is 13.1. The molecule has 1 saturated heterocycles. The van der Waals surface area contributed by atoms with Gasteiger partial charge < -0.3 is 14.4 Å². The number of hydrogen-bond acceptors (Lipinski definition) is 5. The lowest BCUT2D eigenvalue weighted by molar-refractivity contribution is -0.144. The van der Waals surface area contributed by atoms with Crippen LogP contribution < -0.4 is 10.5 Å². The summed E-state index contributed by atoms with van der Waals surface area (Å²) in [4.78, 5) is 55.8. The lowest BCUT2D eigenvalue weighted by atomic mass is 10.00. The average molecular weight is 606 g/mol. The molecule has 11 heteroatoms. The van der Waals surface area contributed by atoms with E-state index in [-0.39, 0.29) is 25.2 Å². The van der Waals surface area contributed by atoms with Gasteiger partial charge in [0.2, 0.25) is 5.78 Å². The van der Waals surface area contributed by atoms with Crippen molar-refractivity contribution >= 4 is 23.2 Å². The highest BCUT2D eigenvalue weighted by Gasteiger charge is 2.29. The first kappa shape index (κ1) is 30.4. The summed E-state index contributed by atoms with van der Waals surface area (Å²) in [5, 5.41) is 0. The van der Waals surface area contributed by atoms with E-state index in [2.05, 4.69) is 4.90 Å². The van der Waals surface area contributed by atoms with Gasteiger partial charge in [0.1, 0.15) is 23.3 Å². The van der Waals surface area contributed by atoms with Gasteiger partial charge in [-0.05, 0) is 41.5 Å². The van der Waals surface area contributed by atoms with Crippen molar-refractivity contribution in [2.45, 2.75) is 19.4 Å². The van der Waals surface area contributed by atoms with Crippen LogP contribution in [-0.2, 0) is 22.6 Å². The number of piperazine rings is 1. The van der Waals surface area contributed by atoms with Crippen LogP contribution in [0.5, 0.6) is 0 Å². The molecule has 0 spiro atoms. The number of halogens is 4. The third kappa shape index (κ3) is 6.94. The Bertz CT molecular complexity index is 1760. The van der Waals surface area contributed by atoms with Crippen molar-refractivity contribution in [2.24, 2.45) is 0 Å². The van der Waals surface area contributed by atoms with Crippen LogP contribution >= 0.6 is 0 Å². The van der Waals surface area contributed by atoms with Crippen molar-refractivity contribution in [3.8, 4) is 0 Å². The molecule has 0 saturated carbocycles. The Morgan fingerprint density at radius 3 is 2.07 bits per heavy atom. The number of carbonyl (C=O) groups is 3. The van der Waals surface area contributed by atoms with Crippen LogP contribution in [0.25, 0.3) is 0 Å². The summed E-state index contributed by atoms with van der Waals surface area (Å²) in [6.45, 7) is 1.30. The third-order valence-electron chi connectivity index (χ3n) is 7.42. The second-order valence-corrected chi connectivity index (χ2v) is 10.5. The van der Waals surface area contributed by atoms with Gasteiger partial charge in [-0.15, -0.1) is 0 Å². The van der Waals surface area contributed by atoms with Gasteiger partial charge in [-0.25, -0.2) is 17.6 Å². The molecule has 7 nitrogen and oxygen atoms in total. The molecule has 1 fully saturated rings. The summed E-state index contributed by atoms with van der Waals surface area (Å²) in [7, 11) is 0. The Hall–Kier alpha value is -5.06. The van der Waals surface area contributed by atoms with Crippen molar-refractivity contribution in [1.82, 2.24) is 9.47 Å². The minimum absolute atomic E-state index is 0.101. The lowest BCUT2D eigenvalue weighted by Gasteiger charge is -2.35. The standard InChI is InChI=1S/C33H27F4N3O4/c34-23-6-4-5-21(13-23)19-40-20-22(14-26-28(36)16-24(35)17-29(26)37)15-27(32(40)43)30(41)18-31(42)33(44)39-11-9-38(10-12-39)25-7-2-1-3-8-25/h1-8,13,15-17,20H,9-12,14,18-19H2. The van der Waals surface area contributed by atoms with Crippen molar-refractivity contribution in [3.05, 3.63) is 135 Å². The number of Topliss-reactive ketones (excluding diaryl/α,β-unsaturated/α-hetero) is 2. The molecule has 2 heterocycles. The molecular weight excluding hydrogens is 578 g/mol. The summed E-state index contributed by atoms with van der Waals surface area (Å²) in [5.41, 5.74) is -0.360. The fourth-order valence-corrected chi connectivity index (χ4v) is 5.19. The molecule has 0 unspecified atom stereocenters. The van der Waals surface area contributed by atoms with Crippen LogP contribution in [0.4, 0.5) is 23.2 Å². The molecular formula is C33H27F4N3O4. The summed E-state index contributed by atoms with van der Waals surface area (Å²) in [6, 6.07) is 17.1.